The number of hydrogen-bond donors (Lipinski definition) is 1. The third kappa shape index (κ3) is 5.13. The molecule has 0 spiro atoms. The van der Waals surface area contributed by atoms with Gasteiger partial charge in [-0.05, 0) is 37.1 Å². The number of ketones is 1. The van der Waals surface area contributed by atoms with Crippen molar-refractivity contribution in [2.45, 2.75) is 39.0 Å². The van der Waals surface area contributed by atoms with Crippen LogP contribution in [0.4, 0.5) is 0 Å². The molecule has 1 aliphatic rings. The summed E-state index contributed by atoms with van der Waals surface area (Å²) in [6.45, 7) is 7.97. The molecule has 2 aromatic carbocycles. The van der Waals surface area contributed by atoms with Crippen LogP contribution in [0.3, 0.4) is 0 Å². The summed E-state index contributed by atoms with van der Waals surface area (Å²) in [5.41, 5.74) is 4.17. The van der Waals surface area contributed by atoms with Gasteiger partial charge in [-0.1, -0.05) is 48.5 Å². The lowest BCUT2D eigenvalue weighted by molar-refractivity contribution is 0.0290. The molecule has 5 heteroatoms. The standard InChI is InChI=1S/C26H30N2O3/c1-19-14-27(16-21-7-11-24(12-8-21)26-4-3-13-31-26)15-20(2)28(19)17-22-5-9-23(10-6-22)25(30)18-29/h3-13,19-20,29H,14-18H2,1-2H3/t19-,20+. The molecule has 2 heterocycles. The highest BCUT2D eigenvalue weighted by atomic mass is 16.3. The van der Waals surface area contributed by atoms with E-state index in [-0.39, 0.29) is 5.78 Å². The zero-order valence-electron chi connectivity index (χ0n) is 18.2. The van der Waals surface area contributed by atoms with Crippen LogP contribution in [0.1, 0.15) is 35.3 Å². The van der Waals surface area contributed by atoms with Gasteiger partial charge < -0.3 is 9.52 Å². The second-order valence-electron chi connectivity index (χ2n) is 8.52. The largest absolute Gasteiger partial charge is 0.464 e. The van der Waals surface area contributed by atoms with Crippen LogP contribution in [0.5, 0.6) is 0 Å². The minimum Gasteiger partial charge on any atom is -0.464 e. The topological polar surface area (TPSA) is 56.9 Å². The lowest BCUT2D eigenvalue weighted by Crippen LogP contribution is -2.55. The van der Waals surface area contributed by atoms with Gasteiger partial charge in [-0.3, -0.25) is 14.6 Å². The number of benzene rings is 2. The minimum absolute atomic E-state index is 0.237. The van der Waals surface area contributed by atoms with Crippen LogP contribution < -0.4 is 0 Å². The summed E-state index contributed by atoms with van der Waals surface area (Å²) in [7, 11) is 0. The summed E-state index contributed by atoms with van der Waals surface area (Å²) < 4.78 is 5.48. The molecule has 1 aromatic heterocycles. The average Bonchev–Trinajstić information content (AvgIpc) is 3.32. The van der Waals surface area contributed by atoms with Crippen molar-refractivity contribution >= 4 is 5.78 Å². The lowest BCUT2D eigenvalue weighted by Gasteiger charge is -2.44. The molecule has 0 radical (unpaired) electrons. The predicted octanol–water partition coefficient (Wildman–Crippen LogP) is 4.22. The molecule has 3 aromatic rings. The Kier molecular flexibility index (Phi) is 6.66. The monoisotopic (exact) mass is 418 g/mol. The highest BCUT2D eigenvalue weighted by Gasteiger charge is 2.29. The minimum atomic E-state index is -0.444. The Morgan fingerprint density at radius 3 is 2.13 bits per heavy atom. The second-order valence-corrected chi connectivity index (χ2v) is 8.52. The molecule has 5 nitrogen and oxygen atoms in total. The van der Waals surface area contributed by atoms with Crippen LogP contribution >= 0.6 is 0 Å². The van der Waals surface area contributed by atoms with E-state index in [1.807, 2.05) is 36.4 Å². The van der Waals surface area contributed by atoms with E-state index in [4.69, 9.17) is 9.52 Å². The maximum Gasteiger partial charge on any atom is 0.188 e. The first-order valence-corrected chi connectivity index (χ1v) is 10.9. The van der Waals surface area contributed by atoms with E-state index in [1.165, 1.54) is 11.1 Å². The van der Waals surface area contributed by atoms with E-state index >= 15 is 0 Å². The molecule has 2 atom stereocenters. The van der Waals surface area contributed by atoms with Crippen molar-refractivity contribution in [2.24, 2.45) is 0 Å². The molecule has 0 amide bonds. The number of aliphatic hydroxyl groups is 1. The average molecular weight is 419 g/mol. The molecule has 0 aliphatic carbocycles. The Labute approximate surface area is 183 Å². The summed E-state index contributed by atoms with van der Waals surface area (Å²) in [6, 6.07) is 21.0. The predicted molar refractivity (Wildman–Crippen MR) is 122 cm³/mol. The normalized spacial score (nSPS) is 20.1. The Bertz CT molecular complexity index is 969. The van der Waals surface area contributed by atoms with Gasteiger partial charge in [0, 0.05) is 49.4 Å². The van der Waals surface area contributed by atoms with Crippen molar-refractivity contribution in [3.63, 3.8) is 0 Å². The van der Waals surface area contributed by atoms with Gasteiger partial charge in [0.25, 0.3) is 0 Å². The molecule has 1 saturated heterocycles. The summed E-state index contributed by atoms with van der Waals surface area (Å²) in [4.78, 5) is 16.7. The Morgan fingerprint density at radius 1 is 0.935 bits per heavy atom. The molecular formula is C26H30N2O3. The molecule has 162 valence electrons. The summed E-state index contributed by atoms with van der Waals surface area (Å²) in [6.07, 6.45) is 1.70. The number of aliphatic hydroxyl groups excluding tert-OH is 1. The number of Topliss-reactive ketones (excluding diaryl/α,β-unsaturated/α-hetero) is 1. The molecule has 4 rings (SSSR count). The molecule has 1 N–H and O–H groups in total. The first-order chi connectivity index (χ1) is 15.0. The van der Waals surface area contributed by atoms with Gasteiger partial charge in [0.15, 0.2) is 5.78 Å². The zero-order valence-corrected chi connectivity index (χ0v) is 18.2. The zero-order chi connectivity index (χ0) is 21.8. The van der Waals surface area contributed by atoms with Gasteiger partial charge in [-0.2, -0.15) is 0 Å². The molecule has 0 unspecified atom stereocenters. The second kappa shape index (κ2) is 9.60. The fourth-order valence-corrected chi connectivity index (χ4v) is 4.48. The van der Waals surface area contributed by atoms with Gasteiger partial charge in [0.1, 0.15) is 12.4 Å². The Hall–Kier alpha value is -2.73. The van der Waals surface area contributed by atoms with Crippen LogP contribution in [-0.4, -0.2) is 52.5 Å². The summed E-state index contributed by atoms with van der Waals surface area (Å²) in [5, 5.41) is 9.01. The Morgan fingerprint density at radius 2 is 1.55 bits per heavy atom. The van der Waals surface area contributed by atoms with Crippen LogP contribution in [0.15, 0.2) is 71.3 Å². The Balaban J connectivity index is 1.35. The van der Waals surface area contributed by atoms with E-state index in [2.05, 4.69) is 47.9 Å². The SMILES string of the molecule is C[C@@H]1CN(Cc2ccc(-c3ccco3)cc2)C[C@H](C)N1Cc1ccc(C(=O)CO)cc1. The third-order valence-corrected chi connectivity index (χ3v) is 6.13. The van der Waals surface area contributed by atoms with Crippen LogP contribution in [0.2, 0.25) is 0 Å². The number of carbonyl (C=O) groups is 1. The molecule has 1 fully saturated rings. The molecule has 0 saturated carbocycles. The number of piperazine rings is 1. The van der Waals surface area contributed by atoms with Gasteiger partial charge in [-0.15, -0.1) is 0 Å². The number of hydrogen-bond acceptors (Lipinski definition) is 5. The van der Waals surface area contributed by atoms with E-state index in [9.17, 15) is 4.79 Å². The third-order valence-electron chi connectivity index (χ3n) is 6.13. The van der Waals surface area contributed by atoms with E-state index in [0.29, 0.717) is 17.6 Å². The van der Waals surface area contributed by atoms with Crippen molar-refractivity contribution in [3.8, 4) is 11.3 Å². The smallest absolute Gasteiger partial charge is 0.188 e. The molecule has 1 aliphatic heterocycles. The highest BCUT2D eigenvalue weighted by molar-refractivity contribution is 5.96. The molecule has 0 bridgehead atoms. The summed E-state index contributed by atoms with van der Waals surface area (Å²) in [5.74, 6) is 0.662. The fraction of sp³-hybridized carbons (Fsp3) is 0.346. The van der Waals surface area contributed by atoms with E-state index in [0.717, 1.165) is 37.5 Å². The summed E-state index contributed by atoms with van der Waals surface area (Å²) >= 11 is 0. The van der Waals surface area contributed by atoms with Gasteiger partial charge >= 0.3 is 0 Å². The number of nitrogens with zero attached hydrogens (tertiary/aromatic N) is 2. The van der Waals surface area contributed by atoms with Gasteiger partial charge in [-0.25, -0.2) is 0 Å². The fourth-order valence-electron chi connectivity index (χ4n) is 4.48. The molecular weight excluding hydrogens is 388 g/mol. The van der Waals surface area contributed by atoms with E-state index in [1.54, 1.807) is 6.26 Å². The molecule has 31 heavy (non-hydrogen) atoms. The first kappa shape index (κ1) is 21.5. The van der Waals surface area contributed by atoms with Crippen molar-refractivity contribution in [1.29, 1.82) is 0 Å². The first-order valence-electron chi connectivity index (χ1n) is 10.9. The van der Waals surface area contributed by atoms with Crippen LogP contribution in [-0.2, 0) is 13.1 Å². The van der Waals surface area contributed by atoms with Crippen molar-refractivity contribution < 1.29 is 14.3 Å². The number of carbonyl (C=O) groups excluding carboxylic acids is 1. The quantitative estimate of drug-likeness (QED) is 0.583. The van der Waals surface area contributed by atoms with Crippen molar-refractivity contribution in [2.75, 3.05) is 19.7 Å². The van der Waals surface area contributed by atoms with E-state index < -0.39 is 6.61 Å². The lowest BCUT2D eigenvalue weighted by atomic mass is 10.0. The highest BCUT2D eigenvalue weighted by Crippen LogP contribution is 2.23. The van der Waals surface area contributed by atoms with Gasteiger partial charge in [0.05, 0.1) is 6.26 Å². The number of furan rings is 1. The van der Waals surface area contributed by atoms with Crippen molar-refractivity contribution in [1.82, 2.24) is 9.80 Å². The van der Waals surface area contributed by atoms with Gasteiger partial charge in [0.2, 0.25) is 0 Å². The maximum absolute atomic E-state index is 11.6. The van der Waals surface area contributed by atoms with Crippen molar-refractivity contribution in [3.05, 3.63) is 83.6 Å². The number of rotatable bonds is 7. The van der Waals surface area contributed by atoms with Crippen LogP contribution in [0.25, 0.3) is 11.3 Å². The maximum atomic E-state index is 11.6. The van der Waals surface area contributed by atoms with Crippen LogP contribution in [0, 0.1) is 0 Å².